The van der Waals surface area contributed by atoms with Crippen LogP contribution in [0.3, 0.4) is 0 Å². The van der Waals surface area contributed by atoms with Gasteiger partial charge in [0.1, 0.15) is 6.61 Å². The van der Waals surface area contributed by atoms with Crippen LogP contribution >= 0.6 is 11.8 Å². The lowest BCUT2D eigenvalue weighted by Gasteiger charge is -2.26. The molecule has 1 atom stereocenters. The fourth-order valence-electron chi connectivity index (χ4n) is 1.79. The van der Waals surface area contributed by atoms with Gasteiger partial charge in [-0.05, 0) is 13.2 Å². The Balaban J connectivity index is 1.82. The number of piperazine rings is 1. The number of ether oxygens (including phenoxy) is 4. The van der Waals surface area contributed by atoms with Gasteiger partial charge in [-0.15, -0.1) is 11.8 Å². The maximum atomic E-state index is 11.7. The highest BCUT2D eigenvalue weighted by atomic mass is 32.2. The van der Waals surface area contributed by atoms with Crippen LogP contribution in [0.4, 0.5) is 4.79 Å². The Morgan fingerprint density at radius 2 is 1.68 bits per heavy atom. The highest BCUT2D eigenvalue weighted by Crippen LogP contribution is 2.05. The molecule has 7 nitrogen and oxygen atoms in total. The second-order valence-electron chi connectivity index (χ2n) is 4.75. The average Bonchev–Trinajstić information content (AvgIpc) is 2.56. The van der Waals surface area contributed by atoms with Gasteiger partial charge in [0.25, 0.3) is 0 Å². The Labute approximate surface area is 137 Å². The predicted molar refractivity (Wildman–Crippen MR) is 86.4 cm³/mol. The standard InChI is InChI=1S/C14H28N2O5S/c1-13(22-2)20-11-9-18-7-8-19-10-12-21-14(17)16-5-3-15-4-6-16/h13,15H,3-12H2,1-2H3. The largest absolute Gasteiger partial charge is 0.447 e. The molecule has 1 unspecified atom stereocenters. The van der Waals surface area contributed by atoms with E-state index >= 15 is 0 Å². The zero-order valence-corrected chi connectivity index (χ0v) is 14.4. The lowest BCUT2D eigenvalue weighted by Crippen LogP contribution is -2.46. The number of thioether (sulfide) groups is 1. The number of amides is 1. The van der Waals surface area contributed by atoms with Crippen molar-refractivity contribution in [3.05, 3.63) is 0 Å². The number of nitrogens with zero attached hydrogens (tertiary/aromatic N) is 1. The van der Waals surface area contributed by atoms with Crippen molar-refractivity contribution in [2.24, 2.45) is 0 Å². The van der Waals surface area contributed by atoms with Gasteiger partial charge >= 0.3 is 6.09 Å². The number of rotatable bonds is 11. The predicted octanol–water partition coefficient (Wildman–Crippen LogP) is 0.787. The van der Waals surface area contributed by atoms with Crippen LogP contribution in [0.1, 0.15) is 6.92 Å². The molecule has 0 radical (unpaired) electrons. The van der Waals surface area contributed by atoms with E-state index < -0.39 is 0 Å². The fraction of sp³-hybridized carbons (Fsp3) is 0.929. The van der Waals surface area contributed by atoms with E-state index in [1.807, 2.05) is 13.2 Å². The molecule has 1 saturated heterocycles. The van der Waals surface area contributed by atoms with Gasteiger partial charge in [-0.1, -0.05) is 0 Å². The Bertz CT molecular complexity index is 290. The van der Waals surface area contributed by atoms with E-state index in [1.54, 1.807) is 16.7 Å². The quantitative estimate of drug-likeness (QED) is 0.442. The van der Waals surface area contributed by atoms with Gasteiger partial charge in [-0.3, -0.25) is 0 Å². The van der Waals surface area contributed by atoms with Gasteiger partial charge in [0, 0.05) is 26.2 Å². The normalized spacial score (nSPS) is 16.5. The first-order chi connectivity index (χ1) is 10.7. The zero-order valence-electron chi connectivity index (χ0n) is 13.5. The number of hydrogen-bond donors (Lipinski definition) is 1. The summed E-state index contributed by atoms with van der Waals surface area (Å²) in [6.07, 6.45) is 1.75. The van der Waals surface area contributed by atoms with Crippen LogP contribution in [0, 0.1) is 0 Å². The molecule has 22 heavy (non-hydrogen) atoms. The molecule has 0 aliphatic carbocycles. The molecule has 1 amide bonds. The molecule has 0 aromatic carbocycles. The monoisotopic (exact) mass is 336 g/mol. The smallest absolute Gasteiger partial charge is 0.409 e. The summed E-state index contributed by atoms with van der Waals surface area (Å²) in [5.74, 6) is 0. The molecule has 0 aromatic heterocycles. The van der Waals surface area contributed by atoms with Gasteiger partial charge in [0.05, 0.1) is 38.5 Å². The van der Waals surface area contributed by atoms with Crippen LogP contribution in [0.5, 0.6) is 0 Å². The first-order valence-electron chi connectivity index (χ1n) is 7.66. The van der Waals surface area contributed by atoms with Crippen LogP contribution in [-0.4, -0.2) is 88.5 Å². The van der Waals surface area contributed by atoms with Crippen LogP contribution in [-0.2, 0) is 18.9 Å². The van der Waals surface area contributed by atoms with E-state index in [0.717, 1.165) is 13.1 Å². The van der Waals surface area contributed by atoms with Crippen LogP contribution in [0.15, 0.2) is 0 Å². The molecule has 1 heterocycles. The van der Waals surface area contributed by atoms with E-state index in [9.17, 15) is 4.79 Å². The lowest BCUT2D eigenvalue weighted by molar-refractivity contribution is 0.000964. The van der Waals surface area contributed by atoms with Gasteiger partial charge < -0.3 is 29.2 Å². The van der Waals surface area contributed by atoms with Crippen molar-refractivity contribution in [2.45, 2.75) is 12.4 Å². The Kier molecular flexibility index (Phi) is 11.5. The molecule has 1 fully saturated rings. The summed E-state index contributed by atoms with van der Waals surface area (Å²) >= 11 is 1.66. The maximum absolute atomic E-state index is 11.7. The molecule has 8 heteroatoms. The fourth-order valence-corrected chi connectivity index (χ4v) is 2.02. The molecule has 1 N–H and O–H groups in total. The van der Waals surface area contributed by atoms with E-state index in [-0.39, 0.29) is 18.1 Å². The summed E-state index contributed by atoms with van der Waals surface area (Å²) in [7, 11) is 0. The second kappa shape index (κ2) is 13.0. The van der Waals surface area contributed by atoms with Crippen LogP contribution < -0.4 is 5.32 Å². The SMILES string of the molecule is CSC(C)OCCOCCOCCOC(=O)N1CCNCC1. The van der Waals surface area contributed by atoms with Gasteiger partial charge in [-0.25, -0.2) is 4.79 Å². The molecular formula is C14H28N2O5S. The molecule has 1 aliphatic heterocycles. The molecule has 1 aliphatic rings. The number of nitrogens with one attached hydrogen (secondary N) is 1. The minimum Gasteiger partial charge on any atom is -0.447 e. The first kappa shape index (κ1) is 19.5. The van der Waals surface area contributed by atoms with Crippen molar-refractivity contribution < 1.29 is 23.7 Å². The topological polar surface area (TPSA) is 69.3 Å². The summed E-state index contributed by atoms with van der Waals surface area (Å²) in [6, 6.07) is 0. The highest BCUT2D eigenvalue weighted by Gasteiger charge is 2.16. The summed E-state index contributed by atoms with van der Waals surface area (Å²) in [5, 5.41) is 3.19. The van der Waals surface area contributed by atoms with Crippen LogP contribution in [0.2, 0.25) is 0 Å². The van der Waals surface area contributed by atoms with Crippen LogP contribution in [0.25, 0.3) is 0 Å². The number of carbonyl (C=O) groups is 1. The maximum Gasteiger partial charge on any atom is 0.409 e. The minimum atomic E-state index is -0.263. The lowest BCUT2D eigenvalue weighted by atomic mass is 10.4. The summed E-state index contributed by atoms with van der Waals surface area (Å²) < 4.78 is 21.3. The van der Waals surface area contributed by atoms with Crippen molar-refractivity contribution >= 4 is 17.9 Å². The average molecular weight is 336 g/mol. The Hall–Kier alpha value is -0.540. The van der Waals surface area contributed by atoms with Crippen molar-refractivity contribution in [2.75, 3.05) is 72.1 Å². The third kappa shape index (κ3) is 9.47. The first-order valence-corrected chi connectivity index (χ1v) is 8.95. The van der Waals surface area contributed by atoms with E-state index in [0.29, 0.717) is 46.1 Å². The van der Waals surface area contributed by atoms with E-state index in [4.69, 9.17) is 18.9 Å². The molecule has 0 aromatic rings. The molecular weight excluding hydrogens is 308 g/mol. The minimum absolute atomic E-state index is 0.199. The summed E-state index contributed by atoms with van der Waals surface area (Å²) in [4.78, 5) is 13.4. The Morgan fingerprint density at radius 3 is 2.32 bits per heavy atom. The highest BCUT2D eigenvalue weighted by molar-refractivity contribution is 7.99. The molecule has 1 rings (SSSR count). The molecule has 0 saturated carbocycles. The van der Waals surface area contributed by atoms with E-state index in [1.165, 1.54) is 0 Å². The van der Waals surface area contributed by atoms with Crippen molar-refractivity contribution in [3.63, 3.8) is 0 Å². The van der Waals surface area contributed by atoms with Crippen molar-refractivity contribution in [3.8, 4) is 0 Å². The molecule has 130 valence electrons. The van der Waals surface area contributed by atoms with Gasteiger partial charge in [0.15, 0.2) is 0 Å². The number of hydrogen-bond acceptors (Lipinski definition) is 7. The number of carbonyl (C=O) groups excluding carboxylic acids is 1. The Morgan fingerprint density at radius 1 is 1.09 bits per heavy atom. The van der Waals surface area contributed by atoms with Crippen molar-refractivity contribution in [1.82, 2.24) is 10.2 Å². The molecule has 0 spiro atoms. The van der Waals surface area contributed by atoms with Gasteiger partial charge in [-0.2, -0.15) is 0 Å². The summed E-state index contributed by atoms with van der Waals surface area (Å²) in [5.41, 5.74) is 0.199. The second-order valence-corrected chi connectivity index (χ2v) is 5.89. The molecule has 0 bridgehead atoms. The van der Waals surface area contributed by atoms with Gasteiger partial charge in [0.2, 0.25) is 0 Å². The third-order valence-electron chi connectivity index (χ3n) is 3.11. The summed E-state index contributed by atoms with van der Waals surface area (Å²) in [6.45, 7) is 7.87. The third-order valence-corrected chi connectivity index (χ3v) is 3.91. The van der Waals surface area contributed by atoms with E-state index in [2.05, 4.69) is 5.32 Å². The zero-order chi connectivity index (χ0) is 16.0. The van der Waals surface area contributed by atoms with Crippen molar-refractivity contribution in [1.29, 1.82) is 0 Å².